The van der Waals surface area contributed by atoms with Crippen LogP contribution in [0.2, 0.25) is 0 Å². The SMILES string of the molecule is Cc1ccnc(CNC(=O)N2CCCC(C(=O)O)C2)c1. The Bertz CT molecular complexity index is 504. The van der Waals surface area contributed by atoms with Gasteiger partial charge >= 0.3 is 12.0 Å². The summed E-state index contributed by atoms with van der Waals surface area (Å²) in [6, 6.07) is 3.59. The molecule has 0 aliphatic carbocycles. The summed E-state index contributed by atoms with van der Waals surface area (Å²) in [5.41, 5.74) is 1.89. The molecule has 1 aliphatic heterocycles. The Kier molecular flexibility index (Phi) is 4.55. The number of nitrogens with zero attached hydrogens (tertiary/aromatic N) is 2. The summed E-state index contributed by atoms with van der Waals surface area (Å²) in [5, 5.41) is 11.8. The highest BCUT2D eigenvalue weighted by molar-refractivity contribution is 5.76. The Morgan fingerprint density at radius 2 is 2.35 bits per heavy atom. The summed E-state index contributed by atoms with van der Waals surface area (Å²) in [4.78, 5) is 28.7. The van der Waals surface area contributed by atoms with Crippen LogP contribution in [0.25, 0.3) is 0 Å². The highest BCUT2D eigenvalue weighted by atomic mass is 16.4. The van der Waals surface area contributed by atoms with Crippen molar-refractivity contribution in [3.8, 4) is 0 Å². The standard InChI is InChI=1S/C14H19N3O3/c1-10-4-5-15-12(7-10)8-16-14(20)17-6-2-3-11(9-17)13(18)19/h4-5,7,11H,2-3,6,8-9H2,1H3,(H,16,20)(H,18,19). The molecule has 6 heteroatoms. The maximum absolute atomic E-state index is 12.0. The minimum Gasteiger partial charge on any atom is -0.481 e. The number of aromatic nitrogens is 1. The van der Waals surface area contributed by atoms with Crippen molar-refractivity contribution in [2.75, 3.05) is 13.1 Å². The van der Waals surface area contributed by atoms with Crippen LogP contribution in [0.3, 0.4) is 0 Å². The molecule has 2 heterocycles. The van der Waals surface area contributed by atoms with Crippen LogP contribution < -0.4 is 5.32 Å². The minimum atomic E-state index is -0.831. The maximum Gasteiger partial charge on any atom is 0.317 e. The molecule has 0 saturated carbocycles. The van der Waals surface area contributed by atoms with Gasteiger partial charge in [-0.05, 0) is 37.5 Å². The molecule has 2 rings (SSSR count). The zero-order valence-corrected chi connectivity index (χ0v) is 11.5. The molecular formula is C14H19N3O3. The van der Waals surface area contributed by atoms with E-state index in [-0.39, 0.29) is 12.6 Å². The number of hydrogen-bond acceptors (Lipinski definition) is 3. The fraction of sp³-hybridized carbons (Fsp3) is 0.500. The van der Waals surface area contributed by atoms with Gasteiger partial charge in [-0.3, -0.25) is 9.78 Å². The van der Waals surface area contributed by atoms with Gasteiger partial charge in [0, 0.05) is 19.3 Å². The van der Waals surface area contributed by atoms with Crippen molar-refractivity contribution in [3.63, 3.8) is 0 Å². The van der Waals surface area contributed by atoms with Crippen molar-refractivity contribution in [1.82, 2.24) is 15.2 Å². The summed E-state index contributed by atoms with van der Waals surface area (Å²) in [6.45, 7) is 3.21. The van der Waals surface area contributed by atoms with Gasteiger partial charge in [0.2, 0.25) is 0 Å². The van der Waals surface area contributed by atoms with Crippen molar-refractivity contribution in [1.29, 1.82) is 0 Å². The Labute approximate surface area is 117 Å². The van der Waals surface area contributed by atoms with E-state index in [2.05, 4.69) is 10.3 Å². The van der Waals surface area contributed by atoms with Crippen LogP contribution in [0, 0.1) is 12.8 Å². The molecule has 0 bridgehead atoms. The van der Waals surface area contributed by atoms with Gasteiger partial charge < -0.3 is 15.3 Å². The predicted octanol–water partition coefficient (Wildman–Crippen LogP) is 1.40. The summed E-state index contributed by atoms with van der Waals surface area (Å²) in [5.74, 6) is -1.28. The lowest BCUT2D eigenvalue weighted by atomic mass is 9.99. The number of amides is 2. The van der Waals surface area contributed by atoms with Gasteiger partial charge in [-0.25, -0.2) is 4.79 Å². The van der Waals surface area contributed by atoms with Gasteiger partial charge in [-0.1, -0.05) is 0 Å². The fourth-order valence-corrected chi connectivity index (χ4v) is 2.34. The van der Waals surface area contributed by atoms with Crippen LogP contribution in [0.15, 0.2) is 18.3 Å². The van der Waals surface area contributed by atoms with Crippen LogP contribution in [-0.4, -0.2) is 40.1 Å². The largest absolute Gasteiger partial charge is 0.481 e. The van der Waals surface area contributed by atoms with Crippen LogP contribution in [0.5, 0.6) is 0 Å². The highest BCUT2D eigenvalue weighted by Crippen LogP contribution is 2.16. The lowest BCUT2D eigenvalue weighted by molar-refractivity contribution is -0.143. The van der Waals surface area contributed by atoms with Gasteiger partial charge in [-0.15, -0.1) is 0 Å². The van der Waals surface area contributed by atoms with E-state index in [0.717, 1.165) is 17.7 Å². The van der Waals surface area contributed by atoms with Crippen molar-refractivity contribution in [2.24, 2.45) is 5.92 Å². The summed E-state index contributed by atoms with van der Waals surface area (Å²) >= 11 is 0. The molecule has 20 heavy (non-hydrogen) atoms. The number of piperidine rings is 1. The van der Waals surface area contributed by atoms with Gasteiger partial charge in [0.15, 0.2) is 0 Å². The number of hydrogen-bond donors (Lipinski definition) is 2. The molecule has 6 nitrogen and oxygen atoms in total. The van der Waals surface area contributed by atoms with Gasteiger partial charge in [0.1, 0.15) is 0 Å². The van der Waals surface area contributed by atoms with E-state index in [1.165, 1.54) is 0 Å². The number of carboxylic acid groups (broad SMARTS) is 1. The third-order valence-corrected chi connectivity index (χ3v) is 3.45. The monoisotopic (exact) mass is 277 g/mol. The molecule has 1 fully saturated rings. The van der Waals surface area contributed by atoms with E-state index in [0.29, 0.717) is 19.5 Å². The molecular weight excluding hydrogens is 258 g/mol. The fourth-order valence-electron chi connectivity index (χ4n) is 2.34. The minimum absolute atomic E-state index is 0.223. The van der Waals surface area contributed by atoms with Gasteiger partial charge in [0.25, 0.3) is 0 Å². The number of pyridine rings is 1. The van der Waals surface area contributed by atoms with Crippen molar-refractivity contribution < 1.29 is 14.7 Å². The van der Waals surface area contributed by atoms with E-state index in [9.17, 15) is 9.59 Å². The summed E-state index contributed by atoms with van der Waals surface area (Å²) < 4.78 is 0. The zero-order chi connectivity index (χ0) is 14.5. The first-order chi connectivity index (χ1) is 9.56. The molecule has 0 radical (unpaired) electrons. The second-order valence-electron chi connectivity index (χ2n) is 5.11. The first-order valence-electron chi connectivity index (χ1n) is 6.73. The smallest absolute Gasteiger partial charge is 0.317 e. The van der Waals surface area contributed by atoms with Crippen LogP contribution in [0.1, 0.15) is 24.1 Å². The average Bonchev–Trinajstić information content (AvgIpc) is 2.45. The van der Waals surface area contributed by atoms with Gasteiger partial charge in [0.05, 0.1) is 18.2 Å². The summed E-state index contributed by atoms with van der Waals surface area (Å²) in [7, 11) is 0. The van der Waals surface area contributed by atoms with E-state index in [1.807, 2.05) is 19.1 Å². The lowest BCUT2D eigenvalue weighted by Gasteiger charge is -2.30. The quantitative estimate of drug-likeness (QED) is 0.874. The van der Waals surface area contributed by atoms with Crippen LogP contribution in [-0.2, 0) is 11.3 Å². The first-order valence-corrected chi connectivity index (χ1v) is 6.73. The molecule has 1 aliphatic rings. The Morgan fingerprint density at radius 1 is 1.55 bits per heavy atom. The van der Waals surface area contributed by atoms with E-state index >= 15 is 0 Å². The molecule has 1 atom stereocenters. The van der Waals surface area contributed by atoms with E-state index < -0.39 is 11.9 Å². The number of nitrogens with one attached hydrogen (secondary N) is 1. The number of likely N-dealkylation sites (tertiary alicyclic amines) is 1. The molecule has 2 N–H and O–H groups in total. The molecule has 1 aromatic heterocycles. The van der Waals surface area contributed by atoms with Gasteiger partial charge in [-0.2, -0.15) is 0 Å². The molecule has 1 aromatic rings. The Balaban J connectivity index is 1.87. The van der Waals surface area contributed by atoms with E-state index in [1.54, 1.807) is 11.1 Å². The first kappa shape index (κ1) is 14.3. The topological polar surface area (TPSA) is 82.5 Å². The number of carboxylic acids is 1. The Morgan fingerprint density at radius 3 is 3.05 bits per heavy atom. The molecule has 1 unspecified atom stereocenters. The van der Waals surface area contributed by atoms with Crippen molar-refractivity contribution >= 4 is 12.0 Å². The van der Waals surface area contributed by atoms with Crippen molar-refractivity contribution in [3.05, 3.63) is 29.6 Å². The normalized spacial score (nSPS) is 18.6. The van der Waals surface area contributed by atoms with Crippen LogP contribution in [0.4, 0.5) is 4.79 Å². The average molecular weight is 277 g/mol. The molecule has 1 saturated heterocycles. The van der Waals surface area contributed by atoms with Crippen molar-refractivity contribution in [2.45, 2.75) is 26.3 Å². The lowest BCUT2D eigenvalue weighted by Crippen LogP contribution is -2.46. The zero-order valence-electron chi connectivity index (χ0n) is 11.5. The second kappa shape index (κ2) is 6.36. The molecule has 0 spiro atoms. The number of aliphatic carboxylic acids is 1. The number of urea groups is 1. The number of rotatable bonds is 3. The maximum atomic E-state index is 12.0. The Hall–Kier alpha value is -2.11. The van der Waals surface area contributed by atoms with Crippen LogP contribution >= 0.6 is 0 Å². The predicted molar refractivity (Wildman–Crippen MR) is 73.1 cm³/mol. The third kappa shape index (κ3) is 3.69. The molecule has 108 valence electrons. The molecule has 0 aromatic carbocycles. The highest BCUT2D eigenvalue weighted by Gasteiger charge is 2.27. The van der Waals surface area contributed by atoms with E-state index in [4.69, 9.17) is 5.11 Å². The number of carbonyl (C=O) groups excluding carboxylic acids is 1. The molecule has 2 amide bonds. The second-order valence-corrected chi connectivity index (χ2v) is 5.11. The number of aryl methyl sites for hydroxylation is 1. The third-order valence-electron chi connectivity index (χ3n) is 3.45. The number of carbonyl (C=O) groups is 2. The summed E-state index contributed by atoms with van der Waals surface area (Å²) in [6.07, 6.45) is 3.07.